The van der Waals surface area contributed by atoms with E-state index in [-0.39, 0.29) is 12.2 Å². The molecule has 0 amide bonds. The first-order valence-corrected chi connectivity index (χ1v) is 17.8. The van der Waals surface area contributed by atoms with Crippen molar-refractivity contribution >= 4 is 0 Å². The summed E-state index contributed by atoms with van der Waals surface area (Å²) in [5, 5.41) is 25.7. The molecule has 2 aromatic carbocycles. The van der Waals surface area contributed by atoms with E-state index in [9.17, 15) is 0 Å². The van der Waals surface area contributed by atoms with E-state index in [4.69, 9.17) is 14.2 Å². The molecule has 2 saturated carbocycles. The number of hydrogen-bond acceptors (Lipinski definition) is 9. The van der Waals surface area contributed by atoms with E-state index in [1.807, 2.05) is 38.1 Å². The fraction of sp³-hybridized carbons (Fsp3) is 0.526. The number of rotatable bonds is 6. The topological polar surface area (TPSA) is 115 Å². The summed E-state index contributed by atoms with van der Waals surface area (Å²) < 4.78 is 16.7. The maximum absolute atomic E-state index is 5.75. The van der Waals surface area contributed by atoms with Gasteiger partial charge < -0.3 is 14.2 Å². The van der Waals surface area contributed by atoms with Crippen LogP contribution in [0.15, 0.2) is 42.5 Å². The smallest absolute Gasteiger partial charge is 0.205 e. The normalized spacial score (nSPS) is 19.9. The van der Waals surface area contributed by atoms with E-state index < -0.39 is 0 Å². The van der Waals surface area contributed by atoms with Gasteiger partial charge in [-0.3, -0.25) is 0 Å². The molecule has 2 aliphatic carbocycles. The van der Waals surface area contributed by atoms with E-state index in [0.29, 0.717) is 56.4 Å². The lowest BCUT2D eigenvalue weighted by molar-refractivity contribution is -0.0959. The van der Waals surface area contributed by atoms with E-state index in [1.165, 1.54) is 32.1 Å². The van der Waals surface area contributed by atoms with Crippen LogP contribution in [0, 0.1) is 42.4 Å². The van der Waals surface area contributed by atoms with Gasteiger partial charge in [-0.1, -0.05) is 55.7 Å². The fourth-order valence-electron chi connectivity index (χ4n) is 5.33. The summed E-state index contributed by atoms with van der Waals surface area (Å²) in [6.07, 6.45) is 8.58. The molecule has 0 radical (unpaired) electrons. The fourth-order valence-corrected chi connectivity index (χ4v) is 5.33. The van der Waals surface area contributed by atoms with Crippen LogP contribution in [0.2, 0.25) is 0 Å². The molecule has 0 unspecified atom stereocenters. The zero-order valence-corrected chi connectivity index (χ0v) is 28.8. The Morgan fingerprint density at radius 1 is 0.714 bits per heavy atom. The number of tetrazole rings is 2. The van der Waals surface area contributed by atoms with Gasteiger partial charge in [0, 0.05) is 40.7 Å². The standard InChI is InChI=1S/C19H22N4O.C17H18N4O2.C2H6/c1-14-5-6-16(10-9-15-7-8-15)12-18(14)19-20-22-23(21-19)13-17-4-2-3-11-24-17;1-2-14(7-6-13-4-5-13)10-15(3-1)17-18-20-21(19-17)11-16-12-22-8-9-23-16;1-2/h5-6,12,15,17H,2-4,7-8,11,13H2,1H3;1-3,10,13,16H,4-5,8-9,11-12H2;1-2H3/t17-;16-;/m10./s1. The minimum atomic E-state index is -0.0125. The predicted octanol–water partition coefficient (Wildman–Crippen LogP) is 5.52. The van der Waals surface area contributed by atoms with E-state index in [1.54, 1.807) is 9.59 Å². The van der Waals surface area contributed by atoms with Crippen molar-refractivity contribution < 1.29 is 14.2 Å². The lowest BCUT2D eigenvalue weighted by atomic mass is 10.0. The van der Waals surface area contributed by atoms with Gasteiger partial charge in [0.2, 0.25) is 11.6 Å². The number of hydrogen-bond donors (Lipinski definition) is 0. The van der Waals surface area contributed by atoms with Gasteiger partial charge in [0.25, 0.3) is 0 Å². The molecule has 8 rings (SSSR count). The quantitative estimate of drug-likeness (QED) is 0.246. The van der Waals surface area contributed by atoms with Crippen LogP contribution >= 0.6 is 0 Å². The van der Waals surface area contributed by atoms with Crippen molar-refractivity contribution in [2.75, 3.05) is 26.4 Å². The Kier molecular flexibility index (Phi) is 12.2. The molecule has 49 heavy (non-hydrogen) atoms. The molecule has 11 heteroatoms. The maximum Gasteiger partial charge on any atom is 0.205 e. The van der Waals surface area contributed by atoms with E-state index >= 15 is 0 Å². The van der Waals surface area contributed by atoms with Gasteiger partial charge in [-0.15, -0.1) is 20.4 Å². The van der Waals surface area contributed by atoms with Gasteiger partial charge >= 0.3 is 0 Å². The van der Waals surface area contributed by atoms with Gasteiger partial charge in [0.05, 0.1) is 39.0 Å². The number of nitrogens with zero attached hydrogens (tertiary/aromatic N) is 8. The maximum atomic E-state index is 5.75. The average Bonchev–Trinajstić information content (AvgIpc) is 4.07. The summed E-state index contributed by atoms with van der Waals surface area (Å²) in [5.74, 6) is 15.5. The first kappa shape index (κ1) is 34.4. The number of aromatic nitrogens is 8. The monoisotopic (exact) mass is 662 g/mol. The molecule has 0 bridgehead atoms. The molecule has 2 saturated heterocycles. The zero-order chi connectivity index (χ0) is 33.8. The minimum absolute atomic E-state index is 0.0125. The Labute approximate surface area is 289 Å². The van der Waals surface area contributed by atoms with Crippen molar-refractivity contribution in [1.29, 1.82) is 0 Å². The molecule has 4 heterocycles. The van der Waals surface area contributed by atoms with E-state index in [0.717, 1.165) is 47.3 Å². The Bertz CT molecular complexity index is 1770. The lowest BCUT2D eigenvalue weighted by Crippen LogP contribution is -2.32. The van der Waals surface area contributed by atoms with Gasteiger partial charge in [-0.05, 0) is 92.1 Å². The summed E-state index contributed by atoms with van der Waals surface area (Å²) in [5.41, 5.74) is 5.10. The highest BCUT2D eigenvalue weighted by Gasteiger charge is 2.20. The molecule has 11 nitrogen and oxygen atoms in total. The summed E-state index contributed by atoms with van der Waals surface area (Å²) in [6.45, 7) is 9.98. The molecule has 2 aromatic heterocycles. The van der Waals surface area contributed by atoms with Crippen molar-refractivity contribution in [2.45, 2.75) is 91.0 Å². The Morgan fingerprint density at radius 3 is 2.06 bits per heavy atom. The largest absolute Gasteiger partial charge is 0.376 e. The number of benzene rings is 2. The highest BCUT2D eigenvalue weighted by atomic mass is 16.6. The molecular formula is C38H46N8O3. The second-order valence-electron chi connectivity index (χ2n) is 12.6. The third kappa shape index (κ3) is 10.5. The number of ether oxygens (including phenoxy) is 3. The molecule has 256 valence electrons. The van der Waals surface area contributed by atoms with Crippen molar-refractivity contribution in [1.82, 2.24) is 40.4 Å². The average molecular weight is 663 g/mol. The third-order valence-electron chi connectivity index (χ3n) is 8.39. The summed E-state index contributed by atoms with van der Waals surface area (Å²) in [6, 6.07) is 14.2. The van der Waals surface area contributed by atoms with Crippen LogP contribution in [-0.4, -0.2) is 79.0 Å². The summed E-state index contributed by atoms with van der Waals surface area (Å²) in [4.78, 5) is 3.23. The van der Waals surface area contributed by atoms with Crippen LogP contribution in [0.25, 0.3) is 22.8 Å². The SMILES string of the molecule is C(#CC1CC1)c1cccc(-c2nnn(C[C@H]3COCCO3)n2)c1.CC.Cc1ccc(C#CC2CC2)cc1-c1nnn(C[C@H]2CCCCO2)n1. The Morgan fingerprint density at radius 2 is 1.39 bits per heavy atom. The molecule has 4 aromatic rings. The molecule has 0 N–H and O–H groups in total. The van der Waals surface area contributed by atoms with Crippen LogP contribution in [0.3, 0.4) is 0 Å². The van der Waals surface area contributed by atoms with Crippen molar-refractivity contribution in [3.63, 3.8) is 0 Å². The zero-order valence-electron chi connectivity index (χ0n) is 28.8. The number of aryl methyl sites for hydroxylation is 1. The minimum Gasteiger partial charge on any atom is -0.376 e. The first-order chi connectivity index (χ1) is 24.1. The summed E-state index contributed by atoms with van der Waals surface area (Å²) >= 11 is 0. The predicted molar refractivity (Wildman–Crippen MR) is 186 cm³/mol. The van der Waals surface area contributed by atoms with Crippen LogP contribution in [0.4, 0.5) is 0 Å². The second kappa shape index (κ2) is 17.3. The molecule has 4 fully saturated rings. The van der Waals surface area contributed by atoms with Gasteiger partial charge in [0.1, 0.15) is 6.10 Å². The van der Waals surface area contributed by atoms with Gasteiger partial charge in [-0.25, -0.2) is 0 Å². The highest BCUT2D eigenvalue weighted by molar-refractivity contribution is 5.62. The molecule has 0 spiro atoms. The van der Waals surface area contributed by atoms with Gasteiger partial charge in [-0.2, -0.15) is 9.59 Å². The lowest BCUT2D eigenvalue weighted by Gasteiger charge is -2.21. The molecular weight excluding hydrogens is 616 g/mol. The molecule has 4 aliphatic rings. The van der Waals surface area contributed by atoms with Crippen LogP contribution in [0.5, 0.6) is 0 Å². The molecule has 2 aliphatic heterocycles. The van der Waals surface area contributed by atoms with Crippen molar-refractivity contribution in [3.8, 4) is 46.5 Å². The first-order valence-electron chi connectivity index (χ1n) is 17.8. The van der Waals surface area contributed by atoms with Crippen LogP contribution < -0.4 is 0 Å². The Balaban J connectivity index is 0.000000162. The second-order valence-corrected chi connectivity index (χ2v) is 12.6. The summed E-state index contributed by atoms with van der Waals surface area (Å²) in [7, 11) is 0. The molecule has 2 atom stereocenters. The van der Waals surface area contributed by atoms with Gasteiger partial charge in [0.15, 0.2) is 0 Å². The van der Waals surface area contributed by atoms with Crippen molar-refractivity contribution in [2.24, 2.45) is 11.8 Å². The van der Waals surface area contributed by atoms with Crippen LogP contribution in [0.1, 0.15) is 75.5 Å². The third-order valence-corrected chi connectivity index (χ3v) is 8.39. The Hall–Kier alpha value is -4.42. The highest BCUT2D eigenvalue weighted by Crippen LogP contribution is 2.28. The van der Waals surface area contributed by atoms with Crippen molar-refractivity contribution in [3.05, 3.63) is 59.2 Å². The van der Waals surface area contributed by atoms with E-state index in [2.05, 4.69) is 79.6 Å². The van der Waals surface area contributed by atoms with Crippen LogP contribution in [-0.2, 0) is 27.3 Å².